The summed E-state index contributed by atoms with van der Waals surface area (Å²) in [7, 11) is 2.08. The number of rotatable bonds is 8. The molecular formula is C28H37N3O. The molecule has 4 heteroatoms. The van der Waals surface area contributed by atoms with E-state index in [2.05, 4.69) is 90.4 Å². The van der Waals surface area contributed by atoms with E-state index in [4.69, 9.17) is 0 Å². The quantitative estimate of drug-likeness (QED) is 0.486. The first-order valence-corrected chi connectivity index (χ1v) is 12.1. The zero-order chi connectivity index (χ0) is 22.5. The van der Waals surface area contributed by atoms with Gasteiger partial charge in [0.15, 0.2) is 0 Å². The van der Waals surface area contributed by atoms with Gasteiger partial charge in [0.2, 0.25) is 5.91 Å². The molecule has 0 saturated carbocycles. The van der Waals surface area contributed by atoms with Crippen molar-refractivity contribution in [1.82, 2.24) is 14.8 Å². The Morgan fingerprint density at radius 3 is 2.69 bits per heavy atom. The molecule has 0 bridgehead atoms. The highest BCUT2D eigenvalue weighted by Gasteiger charge is 2.22. The van der Waals surface area contributed by atoms with Gasteiger partial charge in [0.1, 0.15) is 0 Å². The number of nitrogens with zero attached hydrogens (tertiary/aromatic N) is 2. The molecule has 4 rings (SSSR count). The number of hydrogen-bond donors (Lipinski definition) is 1. The first-order chi connectivity index (χ1) is 15.5. The molecule has 32 heavy (non-hydrogen) atoms. The van der Waals surface area contributed by atoms with E-state index in [0.717, 1.165) is 19.5 Å². The molecule has 1 aliphatic rings. The van der Waals surface area contributed by atoms with E-state index >= 15 is 0 Å². The molecule has 2 unspecified atom stereocenters. The second-order valence-corrected chi connectivity index (χ2v) is 9.46. The summed E-state index contributed by atoms with van der Waals surface area (Å²) in [4.78, 5) is 15.6. The first kappa shape index (κ1) is 22.6. The molecule has 4 nitrogen and oxygen atoms in total. The van der Waals surface area contributed by atoms with Gasteiger partial charge in [0.25, 0.3) is 0 Å². The predicted molar refractivity (Wildman–Crippen MR) is 133 cm³/mol. The van der Waals surface area contributed by atoms with E-state index in [9.17, 15) is 4.79 Å². The number of para-hydroxylation sites is 1. The minimum atomic E-state index is 0.0452. The minimum absolute atomic E-state index is 0.0452. The van der Waals surface area contributed by atoms with Crippen molar-refractivity contribution in [3.8, 4) is 0 Å². The lowest BCUT2D eigenvalue weighted by atomic mass is 9.87. The molecule has 1 aliphatic heterocycles. The van der Waals surface area contributed by atoms with Gasteiger partial charge in [-0.1, -0.05) is 54.4 Å². The van der Waals surface area contributed by atoms with Crippen molar-refractivity contribution in [2.45, 2.75) is 57.9 Å². The maximum atomic E-state index is 13.0. The highest BCUT2D eigenvalue weighted by atomic mass is 16.1. The second-order valence-electron chi connectivity index (χ2n) is 9.46. The van der Waals surface area contributed by atoms with Gasteiger partial charge in [-0.25, -0.2) is 0 Å². The number of nitrogens with one attached hydrogen (secondary N) is 1. The Kier molecular flexibility index (Phi) is 7.31. The molecular weight excluding hydrogens is 394 g/mol. The summed E-state index contributed by atoms with van der Waals surface area (Å²) in [5.74, 6) is 0.180. The second kappa shape index (κ2) is 10.4. The largest absolute Gasteiger partial charge is 0.356 e. The summed E-state index contributed by atoms with van der Waals surface area (Å²) in [5, 5.41) is 4.43. The monoisotopic (exact) mass is 431 g/mol. The third kappa shape index (κ3) is 5.24. The Balaban J connectivity index is 1.45. The third-order valence-electron chi connectivity index (χ3n) is 7.06. The fourth-order valence-corrected chi connectivity index (χ4v) is 5.11. The van der Waals surface area contributed by atoms with Crippen LogP contribution in [0.15, 0.2) is 54.7 Å². The van der Waals surface area contributed by atoms with Gasteiger partial charge in [0, 0.05) is 55.6 Å². The van der Waals surface area contributed by atoms with Crippen molar-refractivity contribution >= 4 is 16.8 Å². The normalized spacial score (nSPS) is 18.0. The Labute approximate surface area is 192 Å². The van der Waals surface area contributed by atoms with E-state index in [1.807, 2.05) is 0 Å². The van der Waals surface area contributed by atoms with Gasteiger partial charge in [-0.3, -0.25) is 4.79 Å². The summed E-state index contributed by atoms with van der Waals surface area (Å²) in [6, 6.07) is 17.8. The molecule has 1 fully saturated rings. The molecule has 170 valence electrons. The van der Waals surface area contributed by atoms with Crippen molar-refractivity contribution in [2.24, 2.45) is 7.05 Å². The highest BCUT2D eigenvalue weighted by Crippen LogP contribution is 2.34. The first-order valence-electron chi connectivity index (χ1n) is 12.1. The van der Waals surface area contributed by atoms with Crippen LogP contribution in [0.2, 0.25) is 0 Å². The van der Waals surface area contributed by atoms with Crippen LogP contribution >= 0.6 is 0 Å². The molecule has 1 N–H and O–H groups in total. The van der Waals surface area contributed by atoms with Crippen LogP contribution in [-0.4, -0.2) is 41.1 Å². The number of benzene rings is 2. The van der Waals surface area contributed by atoms with Crippen LogP contribution in [0.5, 0.6) is 0 Å². The summed E-state index contributed by atoms with van der Waals surface area (Å²) in [5.41, 5.74) is 4.87. The molecule has 0 radical (unpaired) electrons. The van der Waals surface area contributed by atoms with Gasteiger partial charge < -0.3 is 14.8 Å². The smallest absolute Gasteiger partial charge is 0.220 e. The molecule has 1 amide bonds. The van der Waals surface area contributed by atoms with Crippen molar-refractivity contribution in [3.05, 3.63) is 71.4 Å². The molecule has 1 saturated heterocycles. The number of likely N-dealkylation sites (tertiary alicyclic amines) is 1. The number of carbonyl (C=O) groups is 1. The van der Waals surface area contributed by atoms with Crippen molar-refractivity contribution in [3.63, 3.8) is 0 Å². The van der Waals surface area contributed by atoms with Crippen LogP contribution in [0.1, 0.15) is 61.6 Å². The lowest BCUT2D eigenvalue weighted by Crippen LogP contribution is -2.39. The number of amides is 1. The third-order valence-corrected chi connectivity index (χ3v) is 7.06. The lowest BCUT2D eigenvalue weighted by molar-refractivity contribution is -0.121. The summed E-state index contributed by atoms with van der Waals surface area (Å²) >= 11 is 0. The summed E-state index contributed by atoms with van der Waals surface area (Å²) in [6.07, 6.45) is 7.63. The number of aromatic nitrogens is 1. The number of piperidine rings is 1. The van der Waals surface area contributed by atoms with Gasteiger partial charge >= 0.3 is 0 Å². The van der Waals surface area contributed by atoms with Crippen molar-refractivity contribution in [1.29, 1.82) is 0 Å². The fourth-order valence-electron chi connectivity index (χ4n) is 5.11. The Morgan fingerprint density at radius 2 is 1.91 bits per heavy atom. The van der Waals surface area contributed by atoms with Crippen LogP contribution in [0, 0.1) is 6.92 Å². The van der Waals surface area contributed by atoms with E-state index in [1.54, 1.807) is 0 Å². The van der Waals surface area contributed by atoms with Gasteiger partial charge in [-0.2, -0.15) is 0 Å². The van der Waals surface area contributed by atoms with E-state index in [-0.39, 0.29) is 11.8 Å². The van der Waals surface area contributed by atoms with Crippen molar-refractivity contribution in [2.75, 3.05) is 19.6 Å². The number of hydrogen-bond acceptors (Lipinski definition) is 2. The summed E-state index contributed by atoms with van der Waals surface area (Å²) in [6.45, 7) is 7.46. The standard InChI is InChI=1S/C28H37N3O/c1-21-12-14-23(15-13-21)25(26-20-30(3)27-11-5-4-10-24(26)27)19-28(32)29-16-8-18-31-17-7-6-9-22(31)2/h4-5,10-15,20,22,25H,6-9,16-19H2,1-3H3,(H,29,32). The topological polar surface area (TPSA) is 37.3 Å². The van der Waals surface area contributed by atoms with Crippen LogP contribution in [0.4, 0.5) is 0 Å². The summed E-state index contributed by atoms with van der Waals surface area (Å²) < 4.78 is 2.17. The van der Waals surface area contributed by atoms with Gasteiger partial charge in [0.05, 0.1) is 0 Å². The molecule has 0 aliphatic carbocycles. The minimum Gasteiger partial charge on any atom is -0.356 e. The van der Waals surface area contributed by atoms with Crippen LogP contribution < -0.4 is 5.32 Å². The Morgan fingerprint density at radius 1 is 1.12 bits per heavy atom. The van der Waals surface area contributed by atoms with E-state index < -0.39 is 0 Å². The van der Waals surface area contributed by atoms with Gasteiger partial charge in [-0.15, -0.1) is 0 Å². The number of carbonyl (C=O) groups excluding carboxylic acids is 1. The Bertz CT molecular complexity index is 1040. The SMILES string of the molecule is Cc1ccc(C(CC(=O)NCCCN2CCCCC2C)c2cn(C)c3ccccc23)cc1. The fraction of sp³-hybridized carbons (Fsp3) is 0.464. The number of aryl methyl sites for hydroxylation is 2. The average Bonchev–Trinajstić information content (AvgIpc) is 3.13. The van der Waals surface area contributed by atoms with E-state index in [1.165, 1.54) is 53.4 Å². The average molecular weight is 432 g/mol. The molecule has 3 aromatic rings. The maximum Gasteiger partial charge on any atom is 0.220 e. The van der Waals surface area contributed by atoms with Gasteiger partial charge in [-0.05, 0) is 56.8 Å². The molecule has 2 atom stereocenters. The molecule has 1 aromatic heterocycles. The lowest BCUT2D eigenvalue weighted by Gasteiger charge is -2.33. The highest BCUT2D eigenvalue weighted by molar-refractivity contribution is 5.86. The van der Waals surface area contributed by atoms with E-state index in [0.29, 0.717) is 12.5 Å². The molecule has 2 heterocycles. The van der Waals surface area contributed by atoms with Crippen LogP contribution in [-0.2, 0) is 11.8 Å². The van der Waals surface area contributed by atoms with Crippen LogP contribution in [0.25, 0.3) is 10.9 Å². The zero-order valence-electron chi connectivity index (χ0n) is 19.8. The van der Waals surface area contributed by atoms with Crippen molar-refractivity contribution < 1.29 is 4.79 Å². The Hall–Kier alpha value is -2.59. The zero-order valence-corrected chi connectivity index (χ0v) is 19.8. The predicted octanol–water partition coefficient (Wildman–Crippen LogP) is 5.39. The number of fused-ring (bicyclic) bond motifs is 1. The molecule has 2 aromatic carbocycles. The van der Waals surface area contributed by atoms with Crippen LogP contribution in [0.3, 0.4) is 0 Å². The maximum absolute atomic E-state index is 13.0. The molecule has 0 spiro atoms.